The van der Waals surface area contributed by atoms with E-state index in [9.17, 15) is 0 Å². The fourth-order valence-corrected chi connectivity index (χ4v) is 3.69. The highest BCUT2D eigenvalue weighted by Crippen LogP contribution is 2.35. The molecule has 0 bridgehead atoms. The Hall–Kier alpha value is -0.100. The van der Waals surface area contributed by atoms with Crippen LogP contribution in [0.1, 0.15) is 24.8 Å². The molecular weight excluding hydrogens is 374 g/mol. The summed E-state index contributed by atoms with van der Waals surface area (Å²) in [5.41, 5.74) is 6.77. The van der Waals surface area contributed by atoms with Crippen LogP contribution in [0.3, 0.4) is 0 Å². The zero-order valence-electron chi connectivity index (χ0n) is 10.8. The topological polar surface area (TPSA) is 44.5 Å². The van der Waals surface area contributed by atoms with Gasteiger partial charge >= 0.3 is 0 Å². The van der Waals surface area contributed by atoms with Crippen LogP contribution in [-0.4, -0.2) is 25.9 Å². The van der Waals surface area contributed by atoms with Gasteiger partial charge in [0, 0.05) is 6.61 Å². The normalized spacial score (nSPS) is 19.4. The molecule has 0 saturated carbocycles. The van der Waals surface area contributed by atoms with Gasteiger partial charge in [-0.1, -0.05) is 0 Å². The molecule has 1 fully saturated rings. The number of ether oxygens (including phenoxy) is 2. The van der Waals surface area contributed by atoms with E-state index in [1.807, 2.05) is 0 Å². The Morgan fingerprint density at radius 3 is 2.58 bits per heavy atom. The average molecular weight is 393 g/mol. The molecule has 106 valence electrons. The molecule has 3 nitrogen and oxygen atoms in total. The molecule has 1 atom stereocenters. The van der Waals surface area contributed by atoms with Crippen molar-refractivity contribution >= 4 is 31.9 Å². The van der Waals surface area contributed by atoms with Gasteiger partial charge in [0.25, 0.3) is 0 Å². The zero-order valence-corrected chi connectivity index (χ0v) is 14.0. The van der Waals surface area contributed by atoms with E-state index in [2.05, 4.69) is 44.0 Å². The van der Waals surface area contributed by atoms with E-state index in [1.165, 1.54) is 12.0 Å². The largest absolute Gasteiger partial charge is 0.489 e. The number of nitrogens with two attached hydrogens (primary N) is 1. The summed E-state index contributed by atoms with van der Waals surface area (Å²) in [6.07, 6.45) is 4.56. The molecule has 0 aliphatic carbocycles. The maximum atomic E-state index is 5.89. The minimum absolute atomic E-state index is 0.219. The molecule has 1 unspecified atom stereocenters. The lowest BCUT2D eigenvalue weighted by Gasteiger charge is -2.23. The zero-order chi connectivity index (χ0) is 13.7. The Balaban J connectivity index is 1.99. The van der Waals surface area contributed by atoms with Crippen molar-refractivity contribution in [3.05, 3.63) is 26.6 Å². The molecule has 0 aromatic heterocycles. The van der Waals surface area contributed by atoms with Crippen molar-refractivity contribution in [3.63, 3.8) is 0 Å². The van der Waals surface area contributed by atoms with Crippen molar-refractivity contribution < 1.29 is 9.47 Å². The molecule has 1 heterocycles. The summed E-state index contributed by atoms with van der Waals surface area (Å²) in [6, 6.07) is 4.13. The molecule has 1 saturated heterocycles. The predicted octanol–water partition coefficient (Wildman–Crippen LogP) is 3.66. The van der Waals surface area contributed by atoms with Crippen molar-refractivity contribution in [1.29, 1.82) is 0 Å². The first-order valence-electron chi connectivity index (χ1n) is 6.63. The molecule has 0 spiro atoms. The van der Waals surface area contributed by atoms with E-state index in [0.29, 0.717) is 13.2 Å². The summed E-state index contributed by atoms with van der Waals surface area (Å²) in [5.74, 6) is 0.843. The number of halogens is 2. The molecule has 1 aromatic carbocycles. The Bertz CT molecular complexity index is 397. The second-order valence-corrected chi connectivity index (χ2v) is 6.44. The van der Waals surface area contributed by atoms with Gasteiger partial charge in [0.1, 0.15) is 12.4 Å². The van der Waals surface area contributed by atoms with Gasteiger partial charge in [0.05, 0.1) is 15.0 Å². The molecule has 1 aliphatic heterocycles. The van der Waals surface area contributed by atoms with E-state index in [4.69, 9.17) is 15.2 Å². The predicted molar refractivity (Wildman–Crippen MR) is 83.7 cm³/mol. The monoisotopic (exact) mass is 391 g/mol. The molecule has 19 heavy (non-hydrogen) atoms. The molecule has 0 amide bonds. The Morgan fingerprint density at radius 2 is 2.00 bits per heavy atom. The average Bonchev–Trinajstić information content (AvgIpc) is 2.39. The van der Waals surface area contributed by atoms with E-state index >= 15 is 0 Å². The molecule has 1 aromatic rings. The van der Waals surface area contributed by atoms with E-state index in [-0.39, 0.29) is 6.10 Å². The van der Waals surface area contributed by atoms with Crippen LogP contribution in [-0.2, 0) is 11.2 Å². The highest BCUT2D eigenvalue weighted by Gasteiger charge is 2.16. The number of hydrogen-bond acceptors (Lipinski definition) is 3. The summed E-state index contributed by atoms with van der Waals surface area (Å²) in [6.45, 7) is 2.11. The van der Waals surface area contributed by atoms with Gasteiger partial charge in [-0.05, 0) is 81.8 Å². The van der Waals surface area contributed by atoms with Crippen molar-refractivity contribution in [3.8, 4) is 5.75 Å². The first kappa shape index (κ1) is 15.3. The van der Waals surface area contributed by atoms with Crippen LogP contribution in [0.4, 0.5) is 0 Å². The maximum absolute atomic E-state index is 5.89. The summed E-state index contributed by atoms with van der Waals surface area (Å²) < 4.78 is 13.5. The minimum Gasteiger partial charge on any atom is -0.489 e. The van der Waals surface area contributed by atoms with Crippen LogP contribution < -0.4 is 10.5 Å². The Morgan fingerprint density at radius 1 is 1.26 bits per heavy atom. The van der Waals surface area contributed by atoms with Crippen LogP contribution in [0, 0.1) is 0 Å². The lowest BCUT2D eigenvalue weighted by atomic mass is 10.1. The SMILES string of the molecule is NCCc1cc(Br)c(OCC2CCCCO2)c(Br)c1. The highest BCUT2D eigenvalue weighted by molar-refractivity contribution is 9.11. The van der Waals surface area contributed by atoms with Crippen LogP contribution >= 0.6 is 31.9 Å². The van der Waals surface area contributed by atoms with Gasteiger partial charge < -0.3 is 15.2 Å². The quantitative estimate of drug-likeness (QED) is 0.831. The number of rotatable bonds is 5. The van der Waals surface area contributed by atoms with Gasteiger partial charge in [-0.15, -0.1) is 0 Å². The summed E-state index contributed by atoms with van der Waals surface area (Å²) in [5, 5.41) is 0. The highest BCUT2D eigenvalue weighted by atomic mass is 79.9. The smallest absolute Gasteiger partial charge is 0.147 e. The van der Waals surface area contributed by atoms with Crippen molar-refractivity contribution in [1.82, 2.24) is 0 Å². The van der Waals surface area contributed by atoms with Gasteiger partial charge in [-0.3, -0.25) is 0 Å². The van der Waals surface area contributed by atoms with Crippen LogP contribution in [0.15, 0.2) is 21.1 Å². The third-order valence-electron chi connectivity index (χ3n) is 3.18. The molecule has 0 radical (unpaired) electrons. The van der Waals surface area contributed by atoms with Gasteiger partial charge in [-0.25, -0.2) is 0 Å². The van der Waals surface area contributed by atoms with Gasteiger partial charge in [0.15, 0.2) is 0 Å². The molecule has 2 rings (SSSR count). The second kappa shape index (κ2) is 7.62. The fraction of sp³-hybridized carbons (Fsp3) is 0.571. The Labute approximate surface area is 131 Å². The summed E-state index contributed by atoms with van der Waals surface area (Å²) >= 11 is 7.11. The van der Waals surface area contributed by atoms with Crippen LogP contribution in [0.5, 0.6) is 5.75 Å². The fourth-order valence-electron chi connectivity index (χ4n) is 2.18. The molecular formula is C14H19Br2NO2. The van der Waals surface area contributed by atoms with Gasteiger partial charge in [-0.2, -0.15) is 0 Å². The van der Waals surface area contributed by atoms with Gasteiger partial charge in [0.2, 0.25) is 0 Å². The molecule has 5 heteroatoms. The Kier molecular flexibility index (Phi) is 6.13. The lowest BCUT2D eigenvalue weighted by Crippen LogP contribution is -2.25. The maximum Gasteiger partial charge on any atom is 0.147 e. The van der Waals surface area contributed by atoms with Crippen LogP contribution in [0.25, 0.3) is 0 Å². The lowest BCUT2D eigenvalue weighted by molar-refractivity contribution is -0.0113. The first-order chi connectivity index (χ1) is 9.20. The first-order valence-corrected chi connectivity index (χ1v) is 8.21. The van der Waals surface area contributed by atoms with E-state index in [0.717, 1.165) is 40.6 Å². The minimum atomic E-state index is 0.219. The second-order valence-electron chi connectivity index (χ2n) is 4.73. The van der Waals surface area contributed by atoms with Crippen molar-refractivity contribution in [2.24, 2.45) is 5.73 Å². The molecule has 2 N–H and O–H groups in total. The van der Waals surface area contributed by atoms with E-state index in [1.54, 1.807) is 0 Å². The van der Waals surface area contributed by atoms with E-state index < -0.39 is 0 Å². The summed E-state index contributed by atoms with van der Waals surface area (Å²) in [4.78, 5) is 0. The third-order valence-corrected chi connectivity index (χ3v) is 4.36. The van der Waals surface area contributed by atoms with Crippen molar-refractivity contribution in [2.75, 3.05) is 19.8 Å². The number of benzene rings is 1. The molecule has 1 aliphatic rings. The standard InChI is InChI=1S/C14H19Br2NO2/c15-12-7-10(4-5-17)8-13(16)14(12)19-9-11-3-1-2-6-18-11/h7-8,11H,1-6,9,17H2. The summed E-state index contributed by atoms with van der Waals surface area (Å²) in [7, 11) is 0. The number of hydrogen-bond donors (Lipinski definition) is 1. The third kappa shape index (κ3) is 4.45. The van der Waals surface area contributed by atoms with Crippen LogP contribution in [0.2, 0.25) is 0 Å². The van der Waals surface area contributed by atoms with Crippen molar-refractivity contribution in [2.45, 2.75) is 31.8 Å².